The van der Waals surface area contributed by atoms with Gasteiger partial charge in [-0.05, 0) is 57.8 Å². The van der Waals surface area contributed by atoms with Crippen molar-refractivity contribution in [1.29, 1.82) is 0 Å². The highest BCUT2D eigenvalue weighted by Gasteiger charge is 2.11. The smallest absolute Gasteiger partial charge is 0.0521 e. The van der Waals surface area contributed by atoms with Gasteiger partial charge in [-0.25, -0.2) is 0 Å². The van der Waals surface area contributed by atoms with Gasteiger partial charge in [0.15, 0.2) is 0 Å². The van der Waals surface area contributed by atoms with Gasteiger partial charge in [-0.1, -0.05) is 12.8 Å². The number of rotatable bonds is 7. The lowest BCUT2D eigenvalue weighted by atomic mass is 10.2. The number of hydrogen-bond donors (Lipinski definition) is 1. The Balaban J connectivity index is 1.56. The first kappa shape index (κ1) is 15.5. The van der Waals surface area contributed by atoms with Crippen molar-refractivity contribution in [2.45, 2.75) is 51.5 Å². The highest BCUT2D eigenvalue weighted by Crippen LogP contribution is 2.09. The Bertz CT molecular complexity index is 366. The second-order valence-electron chi connectivity index (χ2n) is 6.20. The van der Waals surface area contributed by atoms with Crippen molar-refractivity contribution in [2.75, 3.05) is 26.2 Å². The van der Waals surface area contributed by atoms with Gasteiger partial charge in [0.25, 0.3) is 0 Å². The molecule has 0 aromatic carbocycles. The van der Waals surface area contributed by atoms with Gasteiger partial charge in [0.1, 0.15) is 0 Å². The van der Waals surface area contributed by atoms with Crippen LogP contribution in [0.15, 0.2) is 12.4 Å². The van der Waals surface area contributed by atoms with Crippen LogP contribution in [0, 0.1) is 0 Å². The maximum Gasteiger partial charge on any atom is 0.0521 e. The molecule has 1 aliphatic heterocycles. The Morgan fingerprint density at radius 1 is 1.25 bits per heavy atom. The van der Waals surface area contributed by atoms with Crippen molar-refractivity contribution in [3.8, 4) is 0 Å². The molecule has 1 unspecified atom stereocenters. The van der Waals surface area contributed by atoms with Gasteiger partial charge in [-0.3, -0.25) is 4.68 Å². The van der Waals surface area contributed by atoms with Crippen LogP contribution in [0.1, 0.15) is 44.6 Å². The summed E-state index contributed by atoms with van der Waals surface area (Å²) in [5.41, 5.74) is 1.34. The fourth-order valence-corrected chi connectivity index (χ4v) is 3.01. The van der Waals surface area contributed by atoms with Gasteiger partial charge in [0.05, 0.1) is 6.20 Å². The zero-order valence-electron chi connectivity index (χ0n) is 13.1. The molecule has 0 radical (unpaired) electrons. The van der Waals surface area contributed by atoms with E-state index in [1.165, 1.54) is 57.3 Å². The zero-order valence-corrected chi connectivity index (χ0v) is 13.1. The van der Waals surface area contributed by atoms with Crippen LogP contribution in [-0.4, -0.2) is 46.9 Å². The predicted molar refractivity (Wildman–Crippen MR) is 83.9 cm³/mol. The van der Waals surface area contributed by atoms with Gasteiger partial charge < -0.3 is 10.2 Å². The topological polar surface area (TPSA) is 33.1 Å². The van der Waals surface area contributed by atoms with Crippen LogP contribution in [0.3, 0.4) is 0 Å². The lowest BCUT2D eigenvalue weighted by Gasteiger charge is -2.24. The average Bonchev–Trinajstić information content (AvgIpc) is 2.68. The molecule has 4 heteroatoms. The third-order valence-electron chi connectivity index (χ3n) is 4.12. The van der Waals surface area contributed by atoms with Crippen molar-refractivity contribution in [3.63, 3.8) is 0 Å². The first-order chi connectivity index (χ1) is 9.74. The van der Waals surface area contributed by atoms with Crippen LogP contribution >= 0.6 is 0 Å². The minimum atomic E-state index is 0.599. The minimum absolute atomic E-state index is 0.599. The van der Waals surface area contributed by atoms with Crippen LogP contribution in [0.4, 0.5) is 0 Å². The van der Waals surface area contributed by atoms with Crippen LogP contribution in [0.5, 0.6) is 0 Å². The van der Waals surface area contributed by atoms with Gasteiger partial charge in [0.2, 0.25) is 0 Å². The molecule has 2 rings (SSSR count). The van der Waals surface area contributed by atoms with Gasteiger partial charge in [-0.15, -0.1) is 0 Å². The van der Waals surface area contributed by atoms with Gasteiger partial charge in [-0.2, -0.15) is 5.10 Å². The standard InChI is InChI=1S/C16H30N4/c1-15(13-20-10-5-3-4-6-11-20)17-9-7-8-16-12-18-19(2)14-16/h12,14-15,17H,3-11,13H2,1-2H3. The summed E-state index contributed by atoms with van der Waals surface area (Å²) in [6, 6.07) is 0.599. The molecule has 0 aliphatic carbocycles. The number of nitrogens with zero attached hydrogens (tertiary/aromatic N) is 3. The molecule has 0 bridgehead atoms. The number of hydrogen-bond acceptors (Lipinski definition) is 3. The van der Waals surface area contributed by atoms with E-state index in [1.807, 2.05) is 17.9 Å². The van der Waals surface area contributed by atoms with Crippen LogP contribution in [0.25, 0.3) is 0 Å². The molecule has 1 aromatic heterocycles. The number of likely N-dealkylation sites (tertiary alicyclic amines) is 1. The van der Waals surface area contributed by atoms with Gasteiger partial charge in [0, 0.05) is 25.8 Å². The average molecular weight is 278 g/mol. The summed E-state index contributed by atoms with van der Waals surface area (Å²) in [4.78, 5) is 2.63. The first-order valence-corrected chi connectivity index (χ1v) is 8.17. The van der Waals surface area contributed by atoms with Crippen molar-refractivity contribution in [2.24, 2.45) is 7.05 Å². The number of aryl methyl sites for hydroxylation is 2. The van der Waals surface area contributed by atoms with Crippen LogP contribution in [0.2, 0.25) is 0 Å². The van der Waals surface area contributed by atoms with E-state index in [1.54, 1.807) is 0 Å². The summed E-state index contributed by atoms with van der Waals surface area (Å²) >= 11 is 0. The molecule has 1 aliphatic rings. The van der Waals surface area contributed by atoms with Crippen molar-refractivity contribution < 1.29 is 0 Å². The van der Waals surface area contributed by atoms with E-state index in [9.17, 15) is 0 Å². The molecule has 4 nitrogen and oxygen atoms in total. The Hall–Kier alpha value is -0.870. The zero-order chi connectivity index (χ0) is 14.2. The number of aromatic nitrogens is 2. The van der Waals surface area contributed by atoms with Crippen LogP contribution < -0.4 is 5.32 Å². The van der Waals surface area contributed by atoms with E-state index < -0.39 is 0 Å². The molecule has 0 spiro atoms. The highest BCUT2D eigenvalue weighted by atomic mass is 15.2. The third-order valence-corrected chi connectivity index (χ3v) is 4.12. The summed E-state index contributed by atoms with van der Waals surface area (Å²) in [5.74, 6) is 0. The van der Waals surface area contributed by atoms with Crippen molar-refractivity contribution >= 4 is 0 Å². The molecule has 114 valence electrons. The maximum atomic E-state index is 4.21. The lowest BCUT2D eigenvalue weighted by molar-refractivity contribution is 0.256. The molecule has 0 amide bonds. The molecule has 1 N–H and O–H groups in total. The van der Waals surface area contributed by atoms with E-state index in [2.05, 4.69) is 28.4 Å². The van der Waals surface area contributed by atoms with E-state index in [0.717, 1.165) is 13.0 Å². The van der Waals surface area contributed by atoms with E-state index >= 15 is 0 Å². The summed E-state index contributed by atoms with van der Waals surface area (Å²) in [5, 5.41) is 7.86. The monoisotopic (exact) mass is 278 g/mol. The second kappa shape index (κ2) is 8.42. The first-order valence-electron chi connectivity index (χ1n) is 8.17. The maximum absolute atomic E-state index is 4.21. The Labute approximate surface area is 123 Å². The fourth-order valence-electron chi connectivity index (χ4n) is 3.01. The Morgan fingerprint density at radius 2 is 2.00 bits per heavy atom. The molecule has 2 heterocycles. The molecule has 1 saturated heterocycles. The van der Waals surface area contributed by atoms with E-state index in [-0.39, 0.29) is 0 Å². The van der Waals surface area contributed by atoms with Crippen LogP contribution in [-0.2, 0) is 13.5 Å². The number of nitrogens with one attached hydrogen (secondary N) is 1. The highest BCUT2D eigenvalue weighted by molar-refractivity contribution is 5.03. The van der Waals surface area contributed by atoms with Crippen molar-refractivity contribution in [1.82, 2.24) is 20.0 Å². The molecule has 0 saturated carbocycles. The summed E-state index contributed by atoms with van der Waals surface area (Å²) in [6.45, 7) is 7.20. The lowest BCUT2D eigenvalue weighted by Crippen LogP contribution is -2.40. The van der Waals surface area contributed by atoms with Crippen molar-refractivity contribution in [3.05, 3.63) is 18.0 Å². The Kier molecular flexibility index (Phi) is 6.54. The molecule has 1 atom stereocenters. The predicted octanol–water partition coefficient (Wildman–Crippen LogP) is 2.21. The summed E-state index contributed by atoms with van der Waals surface area (Å²) in [7, 11) is 1.98. The SMILES string of the molecule is CC(CN1CCCCCC1)NCCCc1cnn(C)c1. The van der Waals surface area contributed by atoms with E-state index in [4.69, 9.17) is 0 Å². The largest absolute Gasteiger partial charge is 0.313 e. The third kappa shape index (κ3) is 5.63. The molecular formula is C16H30N4. The Morgan fingerprint density at radius 3 is 2.65 bits per heavy atom. The fraction of sp³-hybridized carbons (Fsp3) is 0.812. The van der Waals surface area contributed by atoms with E-state index in [0.29, 0.717) is 6.04 Å². The summed E-state index contributed by atoms with van der Waals surface area (Å²) < 4.78 is 1.88. The quantitative estimate of drug-likeness (QED) is 0.776. The second-order valence-corrected chi connectivity index (χ2v) is 6.20. The summed E-state index contributed by atoms with van der Waals surface area (Å²) in [6.07, 6.45) is 12.0. The molecule has 1 fully saturated rings. The molecular weight excluding hydrogens is 248 g/mol. The normalized spacial score (nSPS) is 18.9. The molecule has 20 heavy (non-hydrogen) atoms. The molecule has 1 aromatic rings. The van der Waals surface area contributed by atoms with Gasteiger partial charge >= 0.3 is 0 Å². The minimum Gasteiger partial charge on any atom is -0.313 e.